The Morgan fingerprint density at radius 3 is 2.57 bits per heavy atom. The van der Waals surface area contributed by atoms with E-state index in [1.54, 1.807) is 11.6 Å². The van der Waals surface area contributed by atoms with Crippen LogP contribution in [0.25, 0.3) is 11.1 Å². The van der Waals surface area contributed by atoms with Crippen LogP contribution >= 0.6 is 0 Å². The van der Waals surface area contributed by atoms with Crippen molar-refractivity contribution in [1.82, 2.24) is 9.47 Å². The minimum atomic E-state index is -0.306. The third-order valence-electron chi connectivity index (χ3n) is 6.58. The second-order valence-corrected chi connectivity index (χ2v) is 8.63. The summed E-state index contributed by atoms with van der Waals surface area (Å²) in [5, 5.41) is 0. The summed E-state index contributed by atoms with van der Waals surface area (Å²) in [4.78, 5) is 14.3. The summed E-state index contributed by atoms with van der Waals surface area (Å²) in [6, 6.07) is 16.8. The van der Waals surface area contributed by atoms with Gasteiger partial charge < -0.3 is 9.15 Å². The second-order valence-electron chi connectivity index (χ2n) is 8.63. The van der Waals surface area contributed by atoms with Gasteiger partial charge in [0.15, 0.2) is 5.58 Å². The molecular weight excluding hydrogens is 376 g/mol. The van der Waals surface area contributed by atoms with Gasteiger partial charge in [0.25, 0.3) is 0 Å². The quantitative estimate of drug-likeness (QED) is 0.555. The van der Waals surface area contributed by atoms with Gasteiger partial charge >= 0.3 is 5.76 Å². The first kappa shape index (κ1) is 20.9. The van der Waals surface area contributed by atoms with Crippen molar-refractivity contribution in [2.24, 2.45) is 12.5 Å². The fourth-order valence-electron chi connectivity index (χ4n) is 4.55. The average Bonchev–Trinajstić information content (AvgIpc) is 3.06. The van der Waals surface area contributed by atoms with Crippen LogP contribution in [0.1, 0.15) is 37.3 Å². The molecule has 3 aromatic rings. The highest BCUT2D eigenvalue weighted by Crippen LogP contribution is 2.37. The van der Waals surface area contributed by atoms with Crippen LogP contribution in [0.5, 0.6) is 0 Å². The number of ether oxygens (including phenoxy) is 1. The molecule has 2 heterocycles. The number of piperidine rings is 1. The molecule has 0 bridgehead atoms. The van der Waals surface area contributed by atoms with Crippen LogP contribution in [0, 0.1) is 5.41 Å². The predicted molar refractivity (Wildman–Crippen MR) is 120 cm³/mol. The topological polar surface area (TPSA) is 47.6 Å². The minimum Gasteiger partial charge on any atom is -0.408 e. The number of aryl methyl sites for hydroxylation is 2. The van der Waals surface area contributed by atoms with Crippen LogP contribution in [0.2, 0.25) is 0 Å². The molecule has 2 aromatic carbocycles. The fraction of sp³-hybridized carbons (Fsp3) is 0.480. The molecule has 0 radical (unpaired) electrons. The molecular formula is C25H32N2O3. The van der Waals surface area contributed by atoms with Crippen molar-refractivity contribution in [3.8, 4) is 0 Å². The highest BCUT2D eigenvalue weighted by atomic mass is 16.5. The zero-order valence-corrected chi connectivity index (χ0v) is 18.1. The zero-order valence-electron chi connectivity index (χ0n) is 18.1. The van der Waals surface area contributed by atoms with Gasteiger partial charge in [-0.25, -0.2) is 4.79 Å². The second kappa shape index (κ2) is 9.19. The van der Waals surface area contributed by atoms with E-state index < -0.39 is 0 Å². The number of hydrogen-bond acceptors (Lipinski definition) is 4. The molecule has 5 nitrogen and oxygen atoms in total. The molecule has 0 unspecified atom stereocenters. The first-order chi connectivity index (χ1) is 14.6. The largest absolute Gasteiger partial charge is 0.419 e. The molecule has 1 fully saturated rings. The fourth-order valence-corrected chi connectivity index (χ4v) is 4.55. The molecule has 4 rings (SSSR count). The summed E-state index contributed by atoms with van der Waals surface area (Å²) < 4.78 is 12.7. The Labute approximate surface area is 178 Å². The van der Waals surface area contributed by atoms with Gasteiger partial charge in [-0.15, -0.1) is 0 Å². The van der Waals surface area contributed by atoms with Crippen LogP contribution < -0.4 is 5.76 Å². The molecule has 1 aromatic heterocycles. The summed E-state index contributed by atoms with van der Waals surface area (Å²) in [6.45, 7) is 6.76. The highest BCUT2D eigenvalue weighted by molar-refractivity contribution is 5.73. The Hall–Kier alpha value is -2.37. The smallest absolute Gasteiger partial charge is 0.408 e. The van der Waals surface area contributed by atoms with E-state index in [9.17, 15) is 4.79 Å². The lowest BCUT2D eigenvalue weighted by atomic mass is 9.74. The van der Waals surface area contributed by atoms with Gasteiger partial charge in [0.1, 0.15) is 0 Å². The van der Waals surface area contributed by atoms with Crippen molar-refractivity contribution < 1.29 is 9.15 Å². The Bertz CT molecular complexity index is 1010. The SMILES string of the molecule is CCOCC1(CCc2ccccc2)CCN(Cc2ccc3oc(=O)n(C)c3c2)CC1. The van der Waals surface area contributed by atoms with E-state index in [-0.39, 0.29) is 11.2 Å². The Morgan fingerprint density at radius 1 is 1.07 bits per heavy atom. The maximum absolute atomic E-state index is 11.7. The Morgan fingerprint density at radius 2 is 1.83 bits per heavy atom. The lowest BCUT2D eigenvalue weighted by Crippen LogP contribution is -2.42. The molecule has 1 saturated heterocycles. The van der Waals surface area contributed by atoms with Gasteiger partial charge in [-0.05, 0) is 74.4 Å². The maximum Gasteiger partial charge on any atom is 0.419 e. The molecule has 0 N–H and O–H groups in total. The van der Waals surface area contributed by atoms with E-state index in [2.05, 4.69) is 54.3 Å². The zero-order chi connectivity index (χ0) is 21.0. The van der Waals surface area contributed by atoms with Gasteiger partial charge in [0, 0.05) is 20.2 Å². The van der Waals surface area contributed by atoms with Crippen molar-refractivity contribution >= 4 is 11.1 Å². The molecule has 160 valence electrons. The van der Waals surface area contributed by atoms with Crippen molar-refractivity contribution in [1.29, 1.82) is 0 Å². The highest BCUT2D eigenvalue weighted by Gasteiger charge is 2.34. The summed E-state index contributed by atoms with van der Waals surface area (Å²) in [6.07, 6.45) is 4.60. The van der Waals surface area contributed by atoms with Gasteiger partial charge in [0.2, 0.25) is 0 Å². The van der Waals surface area contributed by atoms with Crippen LogP contribution in [0.4, 0.5) is 0 Å². The van der Waals surface area contributed by atoms with Crippen molar-refractivity contribution in [3.63, 3.8) is 0 Å². The number of rotatable bonds is 8. The Kier molecular flexibility index (Phi) is 6.40. The number of aromatic nitrogens is 1. The number of nitrogens with zero attached hydrogens (tertiary/aromatic N) is 2. The molecule has 30 heavy (non-hydrogen) atoms. The summed E-state index contributed by atoms with van der Waals surface area (Å²) in [7, 11) is 1.76. The molecule has 1 aliphatic heterocycles. The van der Waals surface area contributed by atoms with E-state index in [0.29, 0.717) is 5.58 Å². The Balaban J connectivity index is 1.39. The van der Waals surface area contributed by atoms with E-state index in [0.717, 1.165) is 57.6 Å². The van der Waals surface area contributed by atoms with Crippen LogP contribution in [-0.4, -0.2) is 35.8 Å². The molecule has 0 spiro atoms. The summed E-state index contributed by atoms with van der Waals surface area (Å²) >= 11 is 0. The first-order valence-corrected chi connectivity index (χ1v) is 11.0. The molecule has 1 aliphatic rings. The van der Waals surface area contributed by atoms with Gasteiger partial charge in [-0.2, -0.15) is 0 Å². The molecule has 0 amide bonds. The number of likely N-dealkylation sites (tertiary alicyclic amines) is 1. The van der Waals surface area contributed by atoms with Crippen molar-refractivity contribution in [3.05, 3.63) is 70.2 Å². The van der Waals surface area contributed by atoms with E-state index in [1.165, 1.54) is 17.5 Å². The lowest BCUT2D eigenvalue weighted by Gasteiger charge is -2.42. The van der Waals surface area contributed by atoms with E-state index in [1.807, 2.05) is 6.07 Å². The van der Waals surface area contributed by atoms with Gasteiger partial charge in [0.05, 0.1) is 12.1 Å². The molecule has 0 atom stereocenters. The van der Waals surface area contributed by atoms with Crippen LogP contribution in [0.15, 0.2) is 57.7 Å². The lowest BCUT2D eigenvalue weighted by molar-refractivity contribution is -0.00231. The summed E-state index contributed by atoms with van der Waals surface area (Å²) in [5.41, 5.74) is 4.42. The minimum absolute atomic E-state index is 0.265. The number of fused-ring (bicyclic) bond motifs is 1. The number of hydrogen-bond donors (Lipinski definition) is 0. The molecule has 5 heteroatoms. The van der Waals surface area contributed by atoms with Gasteiger partial charge in [-0.1, -0.05) is 36.4 Å². The third kappa shape index (κ3) is 4.68. The number of benzene rings is 2. The molecule has 0 aliphatic carbocycles. The first-order valence-electron chi connectivity index (χ1n) is 11.0. The monoisotopic (exact) mass is 408 g/mol. The predicted octanol–water partition coefficient (Wildman–Crippen LogP) is 4.38. The number of oxazole rings is 1. The van der Waals surface area contributed by atoms with E-state index in [4.69, 9.17) is 9.15 Å². The third-order valence-corrected chi connectivity index (χ3v) is 6.58. The standard InChI is InChI=1S/C25H32N2O3/c1-3-29-19-25(12-11-20-7-5-4-6-8-20)13-15-27(16-14-25)18-21-9-10-23-22(17-21)26(2)24(28)30-23/h4-10,17H,3,11-16,18-19H2,1-2H3. The summed E-state index contributed by atoms with van der Waals surface area (Å²) in [5.74, 6) is -0.306. The maximum atomic E-state index is 11.7. The van der Waals surface area contributed by atoms with Crippen molar-refractivity contribution in [2.75, 3.05) is 26.3 Å². The van der Waals surface area contributed by atoms with Crippen molar-refractivity contribution in [2.45, 2.75) is 39.2 Å². The van der Waals surface area contributed by atoms with E-state index >= 15 is 0 Å². The average molecular weight is 409 g/mol. The molecule has 0 saturated carbocycles. The van der Waals surface area contributed by atoms with Gasteiger partial charge in [-0.3, -0.25) is 9.47 Å². The van der Waals surface area contributed by atoms with Crippen LogP contribution in [-0.2, 0) is 24.8 Å². The van der Waals surface area contributed by atoms with Crippen LogP contribution in [0.3, 0.4) is 0 Å². The normalized spacial score (nSPS) is 16.9.